The molecular formula is C11H12N2O. The Morgan fingerprint density at radius 2 is 2.00 bits per heavy atom. The predicted molar refractivity (Wildman–Crippen MR) is 53.5 cm³/mol. The number of hydrogen-bond acceptors (Lipinski definition) is 3. The summed E-state index contributed by atoms with van der Waals surface area (Å²) in [5.74, 6) is 0.862. The average molecular weight is 188 g/mol. The van der Waals surface area contributed by atoms with Crippen LogP contribution < -0.4 is 5.32 Å². The largest absolute Gasteiger partial charge is 0.447 e. The fraction of sp³-hybridized carbons (Fsp3) is 0.182. The van der Waals surface area contributed by atoms with Gasteiger partial charge in [-0.3, -0.25) is 0 Å². The fourth-order valence-electron chi connectivity index (χ4n) is 1.26. The molecule has 14 heavy (non-hydrogen) atoms. The first-order valence-electron chi connectivity index (χ1n) is 4.57. The van der Waals surface area contributed by atoms with Gasteiger partial charge in [0.1, 0.15) is 5.76 Å². The van der Waals surface area contributed by atoms with Crippen molar-refractivity contribution in [1.82, 2.24) is 10.3 Å². The monoisotopic (exact) mass is 188 g/mol. The van der Waals surface area contributed by atoms with E-state index in [0.717, 1.165) is 18.8 Å². The first-order chi connectivity index (χ1) is 6.95. The van der Waals surface area contributed by atoms with Crippen LogP contribution in [0.1, 0.15) is 11.3 Å². The highest BCUT2D eigenvalue weighted by Crippen LogP contribution is 1.99. The summed E-state index contributed by atoms with van der Waals surface area (Å²) < 4.78 is 5.10. The predicted octanol–water partition coefficient (Wildman–Crippen LogP) is 1.96. The van der Waals surface area contributed by atoms with Gasteiger partial charge >= 0.3 is 0 Å². The molecule has 3 heteroatoms. The molecule has 0 spiro atoms. The quantitative estimate of drug-likeness (QED) is 0.797. The minimum atomic E-state index is 0.717. The molecule has 2 aromatic rings. The highest BCUT2D eigenvalue weighted by atomic mass is 16.3. The average Bonchev–Trinajstić information content (AvgIpc) is 2.72. The number of nitrogens with zero attached hydrogens (tertiary/aromatic N) is 1. The third-order valence-electron chi connectivity index (χ3n) is 1.95. The number of nitrogens with one attached hydrogen (secondary N) is 1. The van der Waals surface area contributed by atoms with Crippen molar-refractivity contribution in [3.63, 3.8) is 0 Å². The molecule has 0 bridgehead atoms. The minimum absolute atomic E-state index is 0.717. The molecule has 0 atom stereocenters. The van der Waals surface area contributed by atoms with Crippen LogP contribution in [-0.4, -0.2) is 4.98 Å². The molecule has 0 amide bonds. The van der Waals surface area contributed by atoms with Crippen LogP contribution in [0.5, 0.6) is 0 Å². The summed E-state index contributed by atoms with van der Waals surface area (Å²) >= 11 is 0. The van der Waals surface area contributed by atoms with Crippen molar-refractivity contribution in [3.05, 3.63) is 54.2 Å². The van der Waals surface area contributed by atoms with E-state index in [0.29, 0.717) is 0 Å². The van der Waals surface area contributed by atoms with Gasteiger partial charge in [0.05, 0.1) is 12.7 Å². The van der Waals surface area contributed by atoms with E-state index in [9.17, 15) is 0 Å². The molecular weight excluding hydrogens is 176 g/mol. The molecule has 1 heterocycles. The van der Waals surface area contributed by atoms with E-state index in [1.54, 1.807) is 6.20 Å². The van der Waals surface area contributed by atoms with E-state index in [-0.39, 0.29) is 0 Å². The van der Waals surface area contributed by atoms with Gasteiger partial charge < -0.3 is 9.73 Å². The zero-order valence-corrected chi connectivity index (χ0v) is 7.81. The van der Waals surface area contributed by atoms with E-state index in [4.69, 9.17) is 4.42 Å². The van der Waals surface area contributed by atoms with Crippen molar-refractivity contribution >= 4 is 0 Å². The van der Waals surface area contributed by atoms with Crippen LogP contribution in [-0.2, 0) is 13.1 Å². The molecule has 0 saturated heterocycles. The fourth-order valence-corrected chi connectivity index (χ4v) is 1.26. The Balaban J connectivity index is 1.79. The van der Waals surface area contributed by atoms with Gasteiger partial charge in [-0.05, 0) is 5.56 Å². The third-order valence-corrected chi connectivity index (χ3v) is 1.95. The van der Waals surface area contributed by atoms with E-state index in [2.05, 4.69) is 22.4 Å². The van der Waals surface area contributed by atoms with Crippen molar-refractivity contribution in [2.45, 2.75) is 13.1 Å². The Bertz CT molecular complexity index is 356. The van der Waals surface area contributed by atoms with E-state index in [1.807, 2.05) is 18.2 Å². The Morgan fingerprint density at radius 3 is 2.71 bits per heavy atom. The molecule has 2 rings (SSSR count). The van der Waals surface area contributed by atoms with Crippen LogP contribution in [0, 0.1) is 0 Å². The lowest BCUT2D eigenvalue weighted by Crippen LogP contribution is -2.11. The molecule has 0 aliphatic rings. The molecule has 72 valence electrons. The van der Waals surface area contributed by atoms with Gasteiger partial charge in [-0.25, -0.2) is 4.98 Å². The van der Waals surface area contributed by atoms with Gasteiger partial charge in [-0.15, -0.1) is 0 Å². The van der Waals surface area contributed by atoms with Gasteiger partial charge in [-0.2, -0.15) is 0 Å². The van der Waals surface area contributed by atoms with Gasteiger partial charge in [0, 0.05) is 6.54 Å². The summed E-state index contributed by atoms with van der Waals surface area (Å²) in [6.45, 7) is 1.57. The summed E-state index contributed by atoms with van der Waals surface area (Å²) in [6.07, 6.45) is 3.16. The summed E-state index contributed by atoms with van der Waals surface area (Å²) in [5, 5.41) is 3.27. The molecule has 0 aliphatic heterocycles. The molecule has 1 N–H and O–H groups in total. The van der Waals surface area contributed by atoms with Crippen LogP contribution >= 0.6 is 0 Å². The van der Waals surface area contributed by atoms with Crippen molar-refractivity contribution in [2.75, 3.05) is 0 Å². The Kier molecular flexibility index (Phi) is 2.93. The second-order valence-corrected chi connectivity index (χ2v) is 3.06. The zero-order valence-electron chi connectivity index (χ0n) is 7.81. The lowest BCUT2D eigenvalue weighted by Gasteiger charge is -2.01. The van der Waals surface area contributed by atoms with E-state index >= 15 is 0 Å². The van der Waals surface area contributed by atoms with Crippen LogP contribution in [0.25, 0.3) is 0 Å². The van der Waals surface area contributed by atoms with Gasteiger partial charge in [0.25, 0.3) is 0 Å². The number of aromatic nitrogens is 1. The standard InChI is InChI=1S/C11H12N2O/c1-2-4-10(5-3-1)6-12-7-11-8-13-9-14-11/h1-5,8-9,12H,6-7H2. The molecule has 0 aliphatic carbocycles. The first-order valence-corrected chi connectivity index (χ1v) is 4.57. The summed E-state index contributed by atoms with van der Waals surface area (Å²) in [5.41, 5.74) is 1.27. The van der Waals surface area contributed by atoms with Crippen LogP contribution in [0.4, 0.5) is 0 Å². The maximum absolute atomic E-state index is 5.10. The highest BCUT2D eigenvalue weighted by molar-refractivity contribution is 5.14. The molecule has 1 aromatic heterocycles. The zero-order chi connectivity index (χ0) is 9.64. The second kappa shape index (κ2) is 4.58. The number of benzene rings is 1. The van der Waals surface area contributed by atoms with Gasteiger partial charge in [0.15, 0.2) is 6.39 Å². The lowest BCUT2D eigenvalue weighted by atomic mass is 10.2. The normalized spacial score (nSPS) is 10.3. The maximum atomic E-state index is 5.10. The number of rotatable bonds is 4. The number of hydrogen-bond donors (Lipinski definition) is 1. The smallest absolute Gasteiger partial charge is 0.180 e. The highest BCUT2D eigenvalue weighted by Gasteiger charge is 1.95. The Morgan fingerprint density at radius 1 is 1.14 bits per heavy atom. The summed E-state index contributed by atoms with van der Waals surface area (Å²) in [7, 11) is 0. The van der Waals surface area contributed by atoms with Crippen molar-refractivity contribution in [2.24, 2.45) is 0 Å². The van der Waals surface area contributed by atoms with Crippen molar-refractivity contribution in [3.8, 4) is 0 Å². The first kappa shape index (κ1) is 8.97. The van der Waals surface area contributed by atoms with Crippen molar-refractivity contribution < 1.29 is 4.42 Å². The topological polar surface area (TPSA) is 38.1 Å². The van der Waals surface area contributed by atoms with Crippen LogP contribution in [0.15, 0.2) is 47.3 Å². The molecule has 0 unspecified atom stereocenters. The molecule has 3 nitrogen and oxygen atoms in total. The SMILES string of the molecule is c1ccc(CNCc2cnco2)cc1. The van der Waals surface area contributed by atoms with Gasteiger partial charge in [-0.1, -0.05) is 30.3 Å². The van der Waals surface area contributed by atoms with Crippen LogP contribution in [0.2, 0.25) is 0 Å². The van der Waals surface area contributed by atoms with E-state index < -0.39 is 0 Å². The molecule has 0 fully saturated rings. The Hall–Kier alpha value is -1.61. The van der Waals surface area contributed by atoms with Crippen LogP contribution in [0.3, 0.4) is 0 Å². The molecule has 1 aromatic carbocycles. The lowest BCUT2D eigenvalue weighted by molar-refractivity contribution is 0.479. The Labute approximate surface area is 82.8 Å². The van der Waals surface area contributed by atoms with Crippen molar-refractivity contribution in [1.29, 1.82) is 0 Å². The second-order valence-electron chi connectivity index (χ2n) is 3.06. The molecule has 0 radical (unpaired) electrons. The summed E-state index contributed by atoms with van der Waals surface area (Å²) in [6, 6.07) is 10.3. The third kappa shape index (κ3) is 2.44. The maximum Gasteiger partial charge on any atom is 0.180 e. The summed E-state index contributed by atoms with van der Waals surface area (Å²) in [4.78, 5) is 3.84. The van der Waals surface area contributed by atoms with Gasteiger partial charge in [0.2, 0.25) is 0 Å². The minimum Gasteiger partial charge on any atom is -0.447 e. The van der Waals surface area contributed by atoms with E-state index in [1.165, 1.54) is 12.0 Å². The number of oxazole rings is 1. The molecule has 0 saturated carbocycles.